The third-order valence-electron chi connectivity index (χ3n) is 6.94. The Bertz CT molecular complexity index is 1270. The Labute approximate surface area is 191 Å². The molecular formula is C26H24N2O5. The Kier molecular flexibility index (Phi) is 4.87. The first-order valence-corrected chi connectivity index (χ1v) is 10.7. The van der Waals surface area contributed by atoms with Crippen LogP contribution in [0.1, 0.15) is 27.4 Å². The molecule has 7 heteroatoms. The van der Waals surface area contributed by atoms with Gasteiger partial charge in [0.25, 0.3) is 0 Å². The second-order valence-electron chi connectivity index (χ2n) is 8.54. The lowest BCUT2D eigenvalue weighted by Gasteiger charge is -2.35. The molecule has 1 unspecified atom stereocenters. The molecule has 7 nitrogen and oxygen atoms in total. The number of likely N-dealkylation sites (tertiary alicyclic amines) is 1. The number of anilines is 1. The number of methoxy groups -OCH3 is 1. The molecule has 0 radical (unpaired) electrons. The average Bonchev–Trinajstić information content (AvgIpc) is 3.30. The van der Waals surface area contributed by atoms with Crippen LogP contribution in [0.2, 0.25) is 0 Å². The van der Waals surface area contributed by atoms with Gasteiger partial charge in [-0.1, -0.05) is 36.4 Å². The fraction of sp³-hybridized carbons (Fsp3) is 0.231. The van der Waals surface area contributed by atoms with Gasteiger partial charge in [-0.3, -0.25) is 14.5 Å². The zero-order valence-electron chi connectivity index (χ0n) is 18.3. The van der Waals surface area contributed by atoms with Crippen LogP contribution < -0.4 is 10.1 Å². The van der Waals surface area contributed by atoms with Gasteiger partial charge in [-0.2, -0.15) is 0 Å². The van der Waals surface area contributed by atoms with Crippen molar-refractivity contribution in [1.29, 1.82) is 0 Å². The van der Waals surface area contributed by atoms with Crippen LogP contribution >= 0.6 is 0 Å². The smallest absolute Gasteiger partial charge is 0.250 e. The van der Waals surface area contributed by atoms with Crippen molar-refractivity contribution in [2.45, 2.75) is 11.5 Å². The van der Waals surface area contributed by atoms with Crippen LogP contribution in [0.15, 0.2) is 66.7 Å². The van der Waals surface area contributed by atoms with E-state index < -0.39 is 11.5 Å². The van der Waals surface area contributed by atoms with Gasteiger partial charge < -0.3 is 20.3 Å². The van der Waals surface area contributed by atoms with E-state index in [2.05, 4.69) is 5.32 Å². The molecule has 2 aliphatic rings. The summed E-state index contributed by atoms with van der Waals surface area (Å²) in [5.74, 6) is -1.76. The Morgan fingerprint density at radius 3 is 2.55 bits per heavy atom. The highest BCUT2D eigenvalue weighted by molar-refractivity contribution is 6.12. The van der Waals surface area contributed by atoms with Crippen molar-refractivity contribution >= 4 is 17.4 Å². The summed E-state index contributed by atoms with van der Waals surface area (Å²) in [6.07, 6.45) is 0. The quantitative estimate of drug-likeness (QED) is 0.421. The lowest BCUT2D eigenvalue weighted by Crippen LogP contribution is -2.51. The summed E-state index contributed by atoms with van der Waals surface area (Å²) in [7, 11) is 3.44. The number of phenols is 2. The molecule has 0 aliphatic carbocycles. The van der Waals surface area contributed by atoms with Gasteiger partial charge in [0.15, 0.2) is 17.3 Å². The molecule has 1 amide bonds. The van der Waals surface area contributed by atoms with E-state index in [1.165, 1.54) is 18.2 Å². The molecule has 5 rings (SSSR count). The van der Waals surface area contributed by atoms with Crippen LogP contribution in [0, 0.1) is 5.92 Å². The molecule has 2 heterocycles. The number of phenolic OH excluding ortho intramolecular Hbond substituents is 2. The molecule has 2 aliphatic heterocycles. The van der Waals surface area contributed by atoms with Crippen molar-refractivity contribution in [3.05, 3.63) is 83.4 Å². The lowest BCUT2D eigenvalue weighted by molar-refractivity contribution is -0.126. The highest BCUT2D eigenvalue weighted by Crippen LogP contribution is 2.56. The van der Waals surface area contributed by atoms with Crippen molar-refractivity contribution in [3.8, 4) is 17.2 Å². The van der Waals surface area contributed by atoms with Gasteiger partial charge in [0.05, 0.1) is 13.0 Å². The first kappa shape index (κ1) is 21.0. The van der Waals surface area contributed by atoms with Crippen molar-refractivity contribution in [2.75, 3.05) is 26.0 Å². The first-order valence-electron chi connectivity index (χ1n) is 10.7. The number of Topliss-reactive ketones (excluding diaryl/α,β-unsaturated/α-hetero) is 1. The topological polar surface area (TPSA) is 99.1 Å². The molecule has 3 aromatic carbocycles. The molecule has 0 saturated carbocycles. The summed E-state index contributed by atoms with van der Waals surface area (Å²) in [6, 6.07) is 18.9. The summed E-state index contributed by atoms with van der Waals surface area (Å²) in [5, 5.41) is 22.8. The monoisotopic (exact) mass is 444 g/mol. The minimum absolute atomic E-state index is 0.224. The largest absolute Gasteiger partial charge is 0.504 e. The van der Waals surface area contributed by atoms with Crippen molar-refractivity contribution in [1.82, 2.24) is 4.90 Å². The molecule has 0 bridgehead atoms. The lowest BCUT2D eigenvalue weighted by atomic mass is 9.70. The normalized spacial score (nSPS) is 24.0. The molecule has 33 heavy (non-hydrogen) atoms. The fourth-order valence-electron chi connectivity index (χ4n) is 5.50. The van der Waals surface area contributed by atoms with E-state index in [0.717, 1.165) is 11.1 Å². The number of benzene rings is 3. The third kappa shape index (κ3) is 2.93. The summed E-state index contributed by atoms with van der Waals surface area (Å²) < 4.78 is 5.61. The number of rotatable bonds is 4. The second-order valence-corrected chi connectivity index (χ2v) is 8.54. The van der Waals surface area contributed by atoms with Gasteiger partial charge in [0.1, 0.15) is 11.3 Å². The number of carbonyl (C=O) groups excluding carboxylic acids is 2. The van der Waals surface area contributed by atoms with Crippen molar-refractivity contribution < 1.29 is 24.5 Å². The first-order chi connectivity index (χ1) is 15.9. The number of carbonyl (C=O) groups is 2. The van der Waals surface area contributed by atoms with Crippen molar-refractivity contribution in [2.24, 2.45) is 5.92 Å². The number of para-hydroxylation sites is 2. The van der Waals surface area contributed by atoms with Gasteiger partial charge in [-0.15, -0.1) is 0 Å². The van der Waals surface area contributed by atoms with E-state index in [1.54, 1.807) is 7.11 Å². The highest BCUT2D eigenvalue weighted by Gasteiger charge is 2.64. The number of hydrogen-bond acceptors (Lipinski definition) is 6. The predicted octanol–water partition coefficient (Wildman–Crippen LogP) is 3.48. The van der Waals surface area contributed by atoms with Gasteiger partial charge in [-0.25, -0.2) is 0 Å². The maximum absolute atomic E-state index is 14.1. The molecule has 1 fully saturated rings. The van der Waals surface area contributed by atoms with Crippen LogP contribution in [0.5, 0.6) is 17.2 Å². The Hall–Kier alpha value is -3.84. The van der Waals surface area contributed by atoms with Crippen molar-refractivity contribution in [3.63, 3.8) is 0 Å². The van der Waals surface area contributed by atoms with Crippen LogP contribution in [0.25, 0.3) is 0 Å². The number of likely N-dealkylation sites (N-methyl/N-ethyl adjacent to an activating group) is 1. The molecular weight excluding hydrogens is 420 g/mol. The number of ketones is 1. The van der Waals surface area contributed by atoms with E-state index in [-0.39, 0.29) is 34.7 Å². The second kappa shape index (κ2) is 7.64. The molecule has 3 N–H and O–H groups in total. The number of nitrogens with one attached hydrogen (secondary N) is 1. The van der Waals surface area contributed by atoms with E-state index in [9.17, 15) is 19.8 Å². The van der Waals surface area contributed by atoms with E-state index in [0.29, 0.717) is 18.0 Å². The molecule has 1 saturated heterocycles. The zero-order valence-corrected chi connectivity index (χ0v) is 18.3. The minimum atomic E-state index is -1.23. The Morgan fingerprint density at radius 2 is 1.79 bits per heavy atom. The molecule has 3 aromatic rings. The maximum Gasteiger partial charge on any atom is 0.250 e. The van der Waals surface area contributed by atoms with Crippen LogP contribution in [-0.2, 0) is 10.3 Å². The van der Waals surface area contributed by atoms with Crippen LogP contribution in [-0.4, -0.2) is 47.5 Å². The van der Waals surface area contributed by atoms with Crippen LogP contribution in [0.4, 0.5) is 5.69 Å². The van der Waals surface area contributed by atoms with E-state index in [1.807, 2.05) is 60.5 Å². The minimum Gasteiger partial charge on any atom is -0.504 e. The van der Waals surface area contributed by atoms with E-state index >= 15 is 0 Å². The van der Waals surface area contributed by atoms with Gasteiger partial charge in [-0.05, 0) is 42.9 Å². The Balaban J connectivity index is 1.75. The van der Waals surface area contributed by atoms with E-state index in [4.69, 9.17) is 4.74 Å². The Morgan fingerprint density at radius 1 is 1.06 bits per heavy atom. The number of aromatic hydroxyl groups is 2. The molecule has 1 spiro atoms. The molecule has 0 aromatic heterocycles. The number of amides is 1. The SMILES string of the molecule is COc1ccccc1[C@H]1CN(C)C2(C(=O)Nc3ccccc32)[C@H]1C(=O)c1ccc(O)c(O)c1. The fourth-order valence-corrected chi connectivity index (χ4v) is 5.50. The van der Waals surface area contributed by atoms with Crippen LogP contribution in [0.3, 0.4) is 0 Å². The predicted molar refractivity (Wildman–Crippen MR) is 123 cm³/mol. The van der Waals surface area contributed by atoms with Gasteiger partial charge >= 0.3 is 0 Å². The summed E-state index contributed by atoms with van der Waals surface area (Å²) >= 11 is 0. The summed E-state index contributed by atoms with van der Waals surface area (Å²) in [4.78, 5) is 29.7. The molecule has 3 atom stereocenters. The third-order valence-corrected chi connectivity index (χ3v) is 6.94. The van der Waals surface area contributed by atoms with Gasteiger partial charge in [0, 0.05) is 29.3 Å². The number of hydrogen-bond donors (Lipinski definition) is 3. The summed E-state index contributed by atoms with van der Waals surface area (Å²) in [6.45, 7) is 0.447. The standard InChI is InChI=1S/C26H24N2O5/c1-28-14-17(16-7-3-6-10-22(16)33-2)23(24(31)15-11-12-20(29)21(30)13-15)26(28)18-8-4-5-9-19(18)27-25(26)32/h3-13,17,23,29-30H,14H2,1-2H3,(H,27,32)/t17-,23-,26?/m1/s1. The number of fused-ring (bicyclic) bond motifs is 2. The molecule has 168 valence electrons. The number of nitrogens with zero attached hydrogens (tertiary/aromatic N) is 1. The number of ether oxygens (including phenoxy) is 1. The zero-order chi connectivity index (χ0) is 23.3. The highest BCUT2D eigenvalue weighted by atomic mass is 16.5. The maximum atomic E-state index is 14.1. The average molecular weight is 444 g/mol. The van der Waals surface area contributed by atoms with Gasteiger partial charge in [0.2, 0.25) is 5.91 Å². The summed E-state index contributed by atoms with van der Waals surface area (Å²) in [5.41, 5.74) is 1.26.